The average Bonchev–Trinajstić information content (AvgIpc) is 3.08. The number of aliphatic carboxylic acids is 1. The molecule has 24 heavy (non-hydrogen) atoms. The molecule has 0 radical (unpaired) electrons. The fraction of sp³-hybridized carbons (Fsp3) is 0.0625. The van der Waals surface area contributed by atoms with Crippen molar-refractivity contribution in [3.8, 4) is 11.3 Å². The van der Waals surface area contributed by atoms with E-state index in [9.17, 15) is 9.59 Å². The minimum atomic E-state index is -1.12. The quantitative estimate of drug-likeness (QED) is 0.642. The maximum atomic E-state index is 12.2. The molecule has 8 heteroatoms. The summed E-state index contributed by atoms with van der Waals surface area (Å²) in [6, 6.07) is 10.7. The van der Waals surface area contributed by atoms with Crippen molar-refractivity contribution in [3.05, 3.63) is 52.1 Å². The van der Waals surface area contributed by atoms with Crippen LogP contribution in [0.2, 0.25) is 5.02 Å². The van der Waals surface area contributed by atoms with Crippen molar-refractivity contribution < 1.29 is 19.1 Å². The predicted molar refractivity (Wildman–Crippen MR) is 96.7 cm³/mol. The van der Waals surface area contributed by atoms with Gasteiger partial charge in [-0.25, -0.2) is 0 Å². The molecule has 1 aromatic heterocycles. The minimum Gasteiger partial charge on any atom is -0.480 e. The maximum Gasteiger partial charge on any atom is 0.323 e. The van der Waals surface area contributed by atoms with E-state index >= 15 is 0 Å². The largest absolute Gasteiger partial charge is 0.480 e. The Balaban J connectivity index is 1.84. The molecular formula is C16H10ClNO4S2. The lowest BCUT2D eigenvalue weighted by atomic mass is 10.2. The summed E-state index contributed by atoms with van der Waals surface area (Å²) in [6.07, 6.45) is 1.55. The smallest absolute Gasteiger partial charge is 0.323 e. The topological polar surface area (TPSA) is 70.8 Å². The number of benzene rings is 1. The van der Waals surface area contributed by atoms with Crippen LogP contribution in [0.1, 0.15) is 5.76 Å². The third-order valence-electron chi connectivity index (χ3n) is 3.18. The number of rotatable bonds is 4. The standard InChI is InChI=1S/C16H10ClNO4S2/c17-10-3-1-2-9(6-10)12-5-4-11(22-12)7-13-15(21)18(8-14(19)20)16(23)24-13/h1-7H,8H2,(H,19,20)/b13-7+. The Kier molecular flexibility index (Phi) is 4.75. The summed E-state index contributed by atoms with van der Waals surface area (Å²) in [6.45, 7) is -0.450. The number of nitrogens with zero attached hydrogens (tertiary/aromatic N) is 1. The Hall–Kier alpha value is -2.09. The van der Waals surface area contributed by atoms with E-state index < -0.39 is 18.4 Å². The van der Waals surface area contributed by atoms with E-state index in [1.807, 2.05) is 12.1 Å². The minimum absolute atomic E-state index is 0.218. The van der Waals surface area contributed by atoms with Gasteiger partial charge >= 0.3 is 5.97 Å². The van der Waals surface area contributed by atoms with Gasteiger partial charge in [0.15, 0.2) is 0 Å². The number of furan rings is 1. The summed E-state index contributed by atoms with van der Waals surface area (Å²) in [5, 5.41) is 9.42. The highest BCUT2D eigenvalue weighted by Gasteiger charge is 2.33. The lowest BCUT2D eigenvalue weighted by Crippen LogP contribution is -2.33. The van der Waals surface area contributed by atoms with Crippen LogP contribution in [0, 0.1) is 0 Å². The van der Waals surface area contributed by atoms with Crippen molar-refractivity contribution in [1.29, 1.82) is 0 Å². The van der Waals surface area contributed by atoms with Crippen LogP contribution >= 0.6 is 35.6 Å². The molecule has 2 aromatic rings. The second kappa shape index (κ2) is 6.80. The summed E-state index contributed by atoms with van der Waals surface area (Å²) >= 11 is 12.1. The van der Waals surface area contributed by atoms with Gasteiger partial charge < -0.3 is 9.52 Å². The molecule has 3 rings (SSSR count). The molecule has 0 spiro atoms. The van der Waals surface area contributed by atoms with Crippen molar-refractivity contribution in [2.75, 3.05) is 6.54 Å². The Bertz CT molecular complexity index is 874. The molecular weight excluding hydrogens is 370 g/mol. The number of thioether (sulfide) groups is 1. The first-order chi connectivity index (χ1) is 11.4. The van der Waals surface area contributed by atoms with Gasteiger partial charge in [-0.15, -0.1) is 0 Å². The van der Waals surface area contributed by atoms with Crippen LogP contribution in [0.4, 0.5) is 0 Å². The second-order valence-corrected chi connectivity index (χ2v) is 6.99. The van der Waals surface area contributed by atoms with E-state index in [0.717, 1.165) is 22.2 Å². The highest BCUT2D eigenvalue weighted by atomic mass is 35.5. The van der Waals surface area contributed by atoms with E-state index in [1.54, 1.807) is 30.3 Å². The van der Waals surface area contributed by atoms with Crippen LogP contribution in [0.25, 0.3) is 17.4 Å². The molecule has 0 atom stereocenters. The van der Waals surface area contributed by atoms with Gasteiger partial charge in [-0.1, -0.05) is 47.7 Å². The first kappa shape index (κ1) is 16.8. The molecule has 1 aliphatic heterocycles. The van der Waals surface area contributed by atoms with Gasteiger partial charge in [0.2, 0.25) is 0 Å². The van der Waals surface area contributed by atoms with Crippen LogP contribution in [-0.2, 0) is 9.59 Å². The summed E-state index contributed by atoms with van der Waals surface area (Å²) < 4.78 is 5.93. The van der Waals surface area contributed by atoms with Gasteiger partial charge in [0.25, 0.3) is 5.91 Å². The SMILES string of the molecule is O=C(O)CN1C(=O)/C(=C\c2ccc(-c3cccc(Cl)c3)o2)SC1=S. The fourth-order valence-corrected chi connectivity index (χ4v) is 3.55. The third-order valence-corrected chi connectivity index (χ3v) is 4.79. The number of carboxylic acid groups (broad SMARTS) is 1. The number of hydrogen-bond donors (Lipinski definition) is 1. The number of amides is 1. The number of hydrogen-bond acceptors (Lipinski definition) is 5. The summed E-state index contributed by atoms with van der Waals surface area (Å²) in [4.78, 5) is 24.4. The van der Waals surface area contributed by atoms with E-state index in [1.165, 1.54) is 0 Å². The Morgan fingerprint density at radius 3 is 2.88 bits per heavy atom. The Morgan fingerprint density at radius 2 is 2.17 bits per heavy atom. The van der Waals surface area contributed by atoms with Crippen molar-refractivity contribution in [3.63, 3.8) is 0 Å². The average molecular weight is 380 g/mol. The lowest BCUT2D eigenvalue weighted by Gasteiger charge is -2.09. The third kappa shape index (κ3) is 3.53. The van der Waals surface area contributed by atoms with Gasteiger partial charge in [0, 0.05) is 16.7 Å². The lowest BCUT2D eigenvalue weighted by molar-refractivity contribution is -0.140. The van der Waals surface area contributed by atoms with E-state index in [4.69, 9.17) is 33.3 Å². The molecule has 1 aliphatic rings. The van der Waals surface area contributed by atoms with E-state index in [-0.39, 0.29) is 4.32 Å². The van der Waals surface area contributed by atoms with E-state index in [2.05, 4.69) is 0 Å². The zero-order chi connectivity index (χ0) is 17.3. The number of halogens is 1. The highest BCUT2D eigenvalue weighted by Crippen LogP contribution is 2.33. The molecule has 2 heterocycles. The Morgan fingerprint density at radius 1 is 1.38 bits per heavy atom. The van der Waals surface area contributed by atoms with Crippen LogP contribution in [-0.4, -0.2) is 32.7 Å². The Labute approximate surface area is 151 Å². The molecule has 1 amide bonds. The number of thiocarbonyl (C=S) groups is 1. The molecule has 0 unspecified atom stereocenters. The number of carbonyl (C=O) groups is 2. The summed E-state index contributed by atoms with van der Waals surface area (Å²) in [7, 11) is 0. The highest BCUT2D eigenvalue weighted by molar-refractivity contribution is 8.26. The molecule has 5 nitrogen and oxygen atoms in total. The summed E-state index contributed by atoms with van der Waals surface area (Å²) in [5.74, 6) is -0.465. The van der Waals surface area contributed by atoms with Gasteiger partial charge in [-0.05, 0) is 24.3 Å². The van der Waals surface area contributed by atoms with E-state index in [0.29, 0.717) is 21.4 Å². The zero-order valence-corrected chi connectivity index (χ0v) is 14.5. The van der Waals surface area contributed by atoms with Crippen molar-refractivity contribution in [2.45, 2.75) is 0 Å². The predicted octanol–water partition coefficient (Wildman–Crippen LogP) is 3.89. The van der Waals surface area contributed by atoms with Crippen LogP contribution in [0.3, 0.4) is 0 Å². The van der Waals surface area contributed by atoms with Crippen molar-refractivity contribution in [2.24, 2.45) is 0 Å². The molecule has 0 aliphatic carbocycles. The van der Waals surface area contributed by atoms with Gasteiger partial charge in [-0.3, -0.25) is 14.5 Å². The molecule has 0 saturated carbocycles. The number of carbonyl (C=O) groups excluding carboxylic acids is 1. The fourth-order valence-electron chi connectivity index (χ4n) is 2.13. The van der Waals surface area contributed by atoms with Crippen LogP contribution < -0.4 is 0 Å². The first-order valence-electron chi connectivity index (χ1n) is 6.77. The van der Waals surface area contributed by atoms with Gasteiger partial charge in [-0.2, -0.15) is 0 Å². The normalized spacial score (nSPS) is 16.2. The van der Waals surface area contributed by atoms with Crippen LogP contribution in [0.5, 0.6) is 0 Å². The molecule has 1 N–H and O–H groups in total. The first-order valence-corrected chi connectivity index (χ1v) is 8.37. The second-order valence-electron chi connectivity index (χ2n) is 4.87. The summed E-state index contributed by atoms with van der Waals surface area (Å²) in [5.41, 5.74) is 0.820. The monoisotopic (exact) mass is 379 g/mol. The zero-order valence-electron chi connectivity index (χ0n) is 12.1. The van der Waals surface area contributed by atoms with Gasteiger partial charge in [0.1, 0.15) is 22.4 Å². The molecule has 122 valence electrons. The maximum absolute atomic E-state index is 12.2. The molecule has 1 aromatic carbocycles. The van der Waals surface area contributed by atoms with Crippen molar-refractivity contribution in [1.82, 2.24) is 4.90 Å². The molecule has 1 saturated heterocycles. The number of carboxylic acids is 1. The molecule has 1 fully saturated rings. The van der Waals surface area contributed by atoms with Crippen molar-refractivity contribution >= 4 is 57.9 Å². The molecule has 0 bridgehead atoms. The van der Waals surface area contributed by atoms with Crippen LogP contribution in [0.15, 0.2) is 45.7 Å². The van der Waals surface area contributed by atoms with Gasteiger partial charge in [0.05, 0.1) is 4.91 Å².